The van der Waals surface area contributed by atoms with E-state index in [1.807, 2.05) is 13.0 Å². The van der Waals surface area contributed by atoms with Gasteiger partial charge in [-0.15, -0.1) is 0 Å². The molecular formula is C8H9NaO2. The predicted molar refractivity (Wildman–Crippen MR) is 45.3 cm³/mol. The van der Waals surface area contributed by atoms with Gasteiger partial charge in [0, 0.05) is 0 Å². The molecule has 0 aliphatic carbocycles. The molecule has 1 rings (SSSR count). The van der Waals surface area contributed by atoms with E-state index in [0.717, 1.165) is 5.56 Å². The summed E-state index contributed by atoms with van der Waals surface area (Å²) >= 11 is 0. The summed E-state index contributed by atoms with van der Waals surface area (Å²) in [6.07, 6.45) is 0. The van der Waals surface area contributed by atoms with Crippen LogP contribution in [0.2, 0.25) is 0 Å². The van der Waals surface area contributed by atoms with Gasteiger partial charge in [0.15, 0.2) is 0 Å². The van der Waals surface area contributed by atoms with Gasteiger partial charge < -0.3 is 5.11 Å². The Kier molecular flexibility index (Phi) is 4.42. The van der Waals surface area contributed by atoms with Crippen molar-refractivity contribution in [3.8, 4) is 0 Å². The van der Waals surface area contributed by atoms with E-state index >= 15 is 0 Å². The summed E-state index contributed by atoms with van der Waals surface area (Å²) in [5.41, 5.74) is 1.32. The van der Waals surface area contributed by atoms with Crippen LogP contribution in [0.15, 0.2) is 24.3 Å². The number of aromatic carboxylic acids is 1. The van der Waals surface area contributed by atoms with Gasteiger partial charge in [0.1, 0.15) is 0 Å². The Labute approximate surface area is 87.5 Å². The van der Waals surface area contributed by atoms with Crippen LogP contribution in [0.25, 0.3) is 0 Å². The van der Waals surface area contributed by atoms with E-state index < -0.39 is 5.97 Å². The maximum atomic E-state index is 10.4. The first-order valence-corrected chi connectivity index (χ1v) is 3.00. The second-order valence-electron chi connectivity index (χ2n) is 2.17. The number of rotatable bonds is 1. The molecule has 0 bridgehead atoms. The molecule has 0 fully saturated rings. The number of carboxylic acids is 1. The van der Waals surface area contributed by atoms with E-state index in [1.54, 1.807) is 18.2 Å². The van der Waals surface area contributed by atoms with E-state index in [4.69, 9.17) is 5.11 Å². The molecule has 3 heteroatoms. The third kappa shape index (κ3) is 3.06. The van der Waals surface area contributed by atoms with Crippen molar-refractivity contribution in [2.24, 2.45) is 0 Å². The molecule has 1 aromatic carbocycles. The summed E-state index contributed by atoms with van der Waals surface area (Å²) in [5, 5.41) is 8.51. The van der Waals surface area contributed by atoms with Crippen LogP contribution in [0.4, 0.5) is 0 Å². The Morgan fingerprint density at radius 2 is 2.09 bits per heavy atom. The van der Waals surface area contributed by atoms with Gasteiger partial charge in [-0.3, -0.25) is 0 Å². The van der Waals surface area contributed by atoms with E-state index in [0.29, 0.717) is 5.56 Å². The van der Waals surface area contributed by atoms with Crippen molar-refractivity contribution in [3.63, 3.8) is 0 Å². The first kappa shape index (κ1) is 10.7. The molecule has 0 aromatic heterocycles. The number of carboxylic acid groups (broad SMARTS) is 1. The van der Waals surface area contributed by atoms with Gasteiger partial charge in [-0.05, 0) is 19.1 Å². The van der Waals surface area contributed by atoms with Gasteiger partial charge >= 0.3 is 35.5 Å². The molecule has 0 amide bonds. The SMILES string of the molecule is Cc1cccc(C(=O)O)c1.[NaH]. The van der Waals surface area contributed by atoms with E-state index in [1.165, 1.54) is 0 Å². The zero-order valence-electron chi connectivity index (χ0n) is 5.66. The minimum absolute atomic E-state index is 0. The van der Waals surface area contributed by atoms with Crippen molar-refractivity contribution in [2.45, 2.75) is 6.92 Å². The van der Waals surface area contributed by atoms with Gasteiger partial charge in [0.05, 0.1) is 5.56 Å². The molecule has 0 spiro atoms. The molecule has 0 radical (unpaired) electrons. The average molecular weight is 160 g/mol. The van der Waals surface area contributed by atoms with Crippen LogP contribution < -0.4 is 0 Å². The zero-order chi connectivity index (χ0) is 7.56. The quantitative estimate of drug-likeness (QED) is 0.623. The fraction of sp³-hybridized carbons (Fsp3) is 0.125. The summed E-state index contributed by atoms with van der Waals surface area (Å²) in [5.74, 6) is -0.872. The standard InChI is InChI=1S/C8H8O2.Na.H/c1-6-3-2-4-7(5-6)8(9)10;;/h2-5H,1H3,(H,9,10);;. The molecule has 0 saturated heterocycles. The summed E-state index contributed by atoms with van der Waals surface area (Å²) in [4.78, 5) is 10.4. The molecule has 1 aromatic rings. The third-order valence-corrected chi connectivity index (χ3v) is 1.27. The number of hydrogen-bond acceptors (Lipinski definition) is 1. The Hall–Kier alpha value is -0.310. The molecular weight excluding hydrogens is 151 g/mol. The Morgan fingerprint density at radius 3 is 2.45 bits per heavy atom. The van der Waals surface area contributed by atoms with Crippen LogP contribution in [-0.4, -0.2) is 40.6 Å². The fourth-order valence-electron chi connectivity index (χ4n) is 0.778. The first-order chi connectivity index (χ1) is 4.70. The van der Waals surface area contributed by atoms with Gasteiger partial charge in [0.2, 0.25) is 0 Å². The van der Waals surface area contributed by atoms with Crippen molar-refractivity contribution in [2.75, 3.05) is 0 Å². The van der Waals surface area contributed by atoms with Crippen molar-refractivity contribution in [3.05, 3.63) is 35.4 Å². The van der Waals surface area contributed by atoms with Crippen LogP contribution in [0, 0.1) is 6.92 Å². The van der Waals surface area contributed by atoms with Gasteiger partial charge in [-0.25, -0.2) is 4.79 Å². The molecule has 0 atom stereocenters. The minimum atomic E-state index is -0.872. The topological polar surface area (TPSA) is 37.3 Å². The molecule has 0 unspecified atom stereocenters. The maximum absolute atomic E-state index is 10.4. The summed E-state index contributed by atoms with van der Waals surface area (Å²) in [6, 6.07) is 6.82. The average Bonchev–Trinajstić information content (AvgIpc) is 1.88. The molecule has 2 nitrogen and oxygen atoms in total. The van der Waals surface area contributed by atoms with Gasteiger partial charge in [0.25, 0.3) is 0 Å². The van der Waals surface area contributed by atoms with E-state index in [2.05, 4.69) is 0 Å². The van der Waals surface area contributed by atoms with Crippen molar-refractivity contribution >= 4 is 35.5 Å². The zero-order valence-corrected chi connectivity index (χ0v) is 5.66. The van der Waals surface area contributed by atoms with Crippen LogP contribution in [-0.2, 0) is 0 Å². The third-order valence-electron chi connectivity index (χ3n) is 1.27. The van der Waals surface area contributed by atoms with Crippen molar-refractivity contribution < 1.29 is 9.90 Å². The molecule has 0 heterocycles. The Morgan fingerprint density at radius 1 is 1.45 bits per heavy atom. The molecule has 1 N–H and O–H groups in total. The molecule has 11 heavy (non-hydrogen) atoms. The Bertz CT molecular complexity index is 258. The number of carbonyl (C=O) groups is 1. The number of hydrogen-bond donors (Lipinski definition) is 1. The fourth-order valence-corrected chi connectivity index (χ4v) is 0.778. The number of aryl methyl sites for hydroxylation is 1. The molecule has 0 saturated carbocycles. The normalized spacial score (nSPS) is 8.45. The summed E-state index contributed by atoms with van der Waals surface area (Å²) in [6.45, 7) is 1.87. The molecule has 0 aliphatic heterocycles. The predicted octanol–water partition coefficient (Wildman–Crippen LogP) is 1.04. The van der Waals surface area contributed by atoms with Crippen molar-refractivity contribution in [1.29, 1.82) is 0 Å². The first-order valence-electron chi connectivity index (χ1n) is 3.00. The number of benzene rings is 1. The van der Waals surface area contributed by atoms with Crippen LogP contribution in [0.3, 0.4) is 0 Å². The van der Waals surface area contributed by atoms with Crippen molar-refractivity contribution in [1.82, 2.24) is 0 Å². The van der Waals surface area contributed by atoms with Crippen LogP contribution >= 0.6 is 0 Å². The Balaban J connectivity index is 0.000001000. The summed E-state index contributed by atoms with van der Waals surface area (Å²) < 4.78 is 0. The van der Waals surface area contributed by atoms with Crippen LogP contribution in [0.5, 0.6) is 0 Å². The second kappa shape index (κ2) is 4.54. The van der Waals surface area contributed by atoms with Gasteiger partial charge in [-0.2, -0.15) is 0 Å². The van der Waals surface area contributed by atoms with Gasteiger partial charge in [-0.1, -0.05) is 17.7 Å². The molecule has 0 aliphatic rings. The molecule has 54 valence electrons. The van der Waals surface area contributed by atoms with E-state index in [9.17, 15) is 4.79 Å². The van der Waals surface area contributed by atoms with Crippen LogP contribution in [0.1, 0.15) is 15.9 Å². The monoisotopic (exact) mass is 160 g/mol. The summed E-state index contributed by atoms with van der Waals surface area (Å²) in [7, 11) is 0. The second-order valence-corrected chi connectivity index (χ2v) is 2.17. The van der Waals surface area contributed by atoms with E-state index in [-0.39, 0.29) is 29.6 Å².